The second kappa shape index (κ2) is 4.11. The van der Waals surface area contributed by atoms with Crippen LogP contribution in [-0.4, -0.2) is 5.87 Å². The van der Waals surface area contributed by atoms with Crippen molar-refractivity contribution in [3.8, 4) is 11.1 Å². The SMILES string of the molecule is FC(F)(F)c1cccc(-c2cccc3c2C=C=N3)c1. The molecule has 3 rings (SSSR count). The van der Waals surface area contributed by atoms with E-state index in [-0.39, 0.29) is 0 Å². The fourth-order valence-corrected chi connectivity index (χ4v) is 2.08. The highest BCUT2D eigenvalue weighted by atomic mass is 19.4. The molecule has 2 aromatic carbocycles. The summed E-state index contributed by atoms with van der Waals surface area (Å²) in [6.07, 6.45) is -2.65. The summed E-state index contributed by atoms with van der Waals surface area (Å²) in [7, 11) is 0. The zero-order chi connectivity index (χ0) is 13.5. The number of benzene rings is 2. The third-order valence-corrected chi connectivity index (χ3v) is 2.98. The lowest BCUT2D eigenvalue weighted by Crippen LogP contribution is -2.04. The molecule has 0 saturated carbocycles. The van der Waals surface area contributed by atoms with Gasteiger partial charge in [0.1, 0.15) is 0 Å². The quantitative estimate of drug-likeness (QED) is 0.600. The molecule has 4 heteroatoms. The predicted octanol–water partition coefficient (Wildman–Crippen LogP) is 4.70. The van der Waals surface area contributed by atoms with Gasteiger partial charge in [-0.1, -0.05) is 24.3 Å². The fraction of sp³-hybridized carbons (Fsp3) is 0.0667. The van der Waals surface area contributed by atoms with Crippen LogP contribution in [0.2, 0.25) is 0 Å². The molecule has 0 spiro atoms. The number of aliphatic imine (C=N–C) groups is 1. The van der Waals surface area contributed by atoms with E-state index in [4.69, 9.17) is 0 Å². The average molecular weight is 259 g/mol. The first-order valence-corrected chi connectivity index (χ1v) is 5.66. The highest BCUT2D eigenvalue weighted by molar-refractivity contribution is 5.96. The van der Waals surface area contributed by atoms with Crippen LogP contribution in [0, 0.1) is 0 Å². The lowest BCUT2D eigenvalue weighted by atomic mass is 9.97. The van der Waals surface area contributed by atoms with Gasteiger partial charge in [0.05, 0.1) is 11.3 Å². The molecule has 0 atom stereocenters. The zero-order valence-corrected chi connectivity index (χ0v) is 9.70. The van der Waals surface area contributed by atoms with Crippen molar-refractivity contribution in [3.05, 3.63) is 53.6 Å². The van der Waals surface area contributed by atoms with Gasteiger partial charge in [-0.05, 0) is 35.2 Å². The van der Waals surface area contributed by atoms with Crippen LogP contribution >= 0.6 is 0 Å². The topological polar surface area (TPSA) is 12.4 Å². The van der Waals surface area contributed by atoms with E-state index in [1.807, 2.05) is 6.07 Å². The van der Waals surface area contributed by atoms with Gasteiger partial charge < -0.3 is 0 Å². The van der Waals surface area contributed by atoms with E-state index in [9.17, 15) is 13.2 Å². The Balaban J connectivity index is 2.14. The molecule has 94 valence electrons. The summed E-state index contributed by atoms with van der Waals surface area (Å²) < 4.78 is 38.2. The average Bonchev–Trinajstić information content (AvgIpc) is 2.86. The molecule has 1 aliphatic heterocycles. The molecular weight excluding hydrogens is 251 g/mol. The highest BCUT2D eigenvalue weighted by Gasteiger charge is 2.30. The van der Waals surface area contributed by atoms with Crippen LogP contribution in [-0.2, 0) is 6.18 Å². The van der Waals surface area contributed by atoms with Crippen LogP contribution in [0.15, 0.2) is 47.5 Å². The maximum Gasteiger partial charge on any atom is 0.416 e. The van der Waals surface area contributed by atoms with Crippen molar-refractivity contribution in [2.45, 2.75) is 6.18 Å². The predicted molar refractivity (Wildman–Crippen MR) is 68.4 cm³/mol. The molecule has 0 N–H and O–H groups in total. The minimum atomic E-state index is -4.33. The second-order valence-electron chi connectivity index (χ2n) is 4.20. The van der Waals surface area contributed by atoms with Crippen LogP contribution in [0.1, 0.15) is 11.1 Å². The van der Waals surface area contributed by atoms with Gasteiger partial charge in [-0.2, -0.15) is 13.2 Å². The minimum absolute atomic E-state index is 0.529. The number of alkyl halides is 3. The summed E-state index contributed by atoms with van der Waals surface area (Å²) in [5.74, 6) is 2.72. The number of halogens is 3. The van der Waals surface area contributed by atoms with Crippen LogP contribution in [0.3, 0.4) is 0 Å². The number of fused-ring (bicyclic) bond motifs is 1. The Labute approximate surface area is 107 Å². The van der Waals surface area contributed by atoms with E-state index >= 15 is 0 Å². The summed E-state index contributed by atoms with van der Waals surface area (Å²) >= 11 is 0. The molecule has 1 aliphatic rings. The molecule has 2 aromatic rings. The lowest BCUT2D eigenvalue weighted by Gasteiger charge is -2.10. The van der Waals surface area contributed by atoms with Crippen molar-refractivity contribution in [1.82, 2.24) is 0 Å². The Morgan fingerprint density at radius 1 is 1.00 bits per heavy atom. The third-order valence-electron chi connectivity index (χ3n) is 2.98. The van der Waals surface area contributed by atoms with Crippen molar-refractivity contribution in [1.29, 1.82) is 0 Å². The first kappa shape index (κ1) is 11.8. The number of nitrogens with zero attached hydrogens (tertiary/aromatic N) is 1. The zero-order valence-electron chi connectivity index (χ0n) is 9.70. The smallest absolute Gasteiger partial charge is 0.206 e. The van der Waals surface area contributed by atoms with E-state index in [0.717, 1.165) is 28.9 Å². The monoisotopic (exact) mass is 259 g/mol. The molecule has 0 unspecified atom stereocenters. The van der Waals surface area contributed by atoms with Crippen molar-refractivity contribution in [3.63, 3.8) is 0 Å². The van der Waals surface area contributed by atoms with Crippen LogP contribution in [0.5, 0.6) is 0 Å². The van der Waals surface area contributed by atoms with Crippen molar-refractivity contribution >= 4 is 17.6 Å². The number of rotatable bonds is 1. The van der Waals surface area contributed by atoms with E-state index in [1.54, 1.807) is 24.3 Å². The van der Waals surface area contributed by atoms with Crippen LogP contribution in [0.4, 0.5) is 18.9 Å². The Morgan fingerprint density at radius 3 is 2.58 bits per heavy atom. The van der Waals surface area contributed by atoms with Gasteiger partial charge in [0.15, 0.2) is 0 Å². The van der Waals surface area contributed by atoms with Crippen molar-refractivity contribution < 1.29 is 13.2 Å². The van der Waals surface area contributed by atoms with Gasteiger partial charge in [-0.3, -0.25) is 0 Å². The summed E-state index contributed by atoms with van der Waals surface area (Å²) in [4.78, 5) is 4.03. The first-order chi connectivity index (χ1) is 9.05. The molecule has 19 heavy (non-hydrogen) atoms. The number of hydrogen-bond acceptors (Lipinski definition) is 1. The summed E-state index contributed by atoms with van der Waals surface area (Å²) in [5, 5.41) is 0. The Bertz CT molecular complexity index is 708. The molecule has 0 aliphatic carbocycles. The summed E-state index contributed by atoms with van der Waals surface area (Å²) in [6, 6.07) is 10.7. The summed E-state index contributed by atoms with van der Waals surface area (Å²) in [6.45, 7) is 0. The minimum Gasteiger partial charge on any atom is -0.206 e. The lowest BCUT2D eigenvalue weighted by molar-refractivity contribution is -0.137. The molecular formula is C15H8F3N. The third kappa shape index (κ3) is 2.07. The van der Waals surface area contributed by atoms with E-state index in [2.05, 4.69) is 10.9 Å². The van der Waals surface area contributed by atoms with Gasteiger partial charge >= 0.3 is 6.18 Å². The van der Waals surface area contributed by atoms with Gasteiger partial charge in [0.2, 0.25) is 0 Å². The van der Waals surface area contributed by atoms with Crippen LogP contribution < -0.4 is 0 Å². The largest absolute Gasteiger partial charge is 0.416 e. The maximum atomic E-state index is 12.7. The maximum absolute atomic E-state index is 12.7. The molecule has 0 fully saturated rings. The molecule has 0 radical (unpaired) electrons. The van der Waals surface area contributed by atoms with Gasteiger partial charge in [-0.15, -0.1) is 0 Å². The Morgan fingerprint density at radius 2 is 1.79 bits per heavy atom. The normalized spacial score (nSPS) is 12.8. The molecule has 1 nitrogen and oxygen atoms in total. The molecule has 0 saturated heterocycles. The molecule has 1 heterocycles. The van der Waals surface area contributed by atoms with Gasteiger partial charge in [0, 0.05) is 11.6 Å². The van der Waals surface area contributed by atoms with E-state index < -0.39 is 11.7 Å². The highest BCUT2D eigenvalue weighted by Crippen LogP contribution is 2.36. The van der Waals surface area contributed by atoms with Gasteiger partial charge in [-0.25, -0.2) is 4.99 Å². The fourth-order valence-electron chi connectivity index (χ4n) is 2.08. The first-order valence-electron chi connectivity index (χ1n) is 5.66. The molecule has 0 amide bonds. The standard InChI is InChI=1S/C15H8F3N/c16-15(17,18)11-4-1-3-10(9-11)12-5-2-6-14-13(12)7-8-19-14/h1-7,9H. The van der Waals surface area contributed by atoms with E-state index in [0.29, 0.717) is 5.56 Å². The Hall–Kier alpha value is -2.32. The van der Waals surface area contributed by atoms with Crippen LogP contribution in [0.25, 0.3) is 17.2 Å². The van der Waals surface area contributed by atoms with Gasteiger partial charge in [0.25, 0.3) is 0 Å². The molecule has 0 bridgehead atoms. The van der Waals surface area contributed by atoms with Crippen molar-refractivity contribution in [2.24, 2.45) is 4.99 Å². The summed E-state index contributed by atoms with van der Waals surface area (Å²) in [5.41, 5.74) is 2.15. The molecule has 0 aromatic heterocycles. The van der Waals surface area contributed by atoms with Crippen molar-refractivity contribution in [2.75, 3.05) is 0 Å². The Kier molecular flexibility index (Phi) is 2.54. The number of hydrogen-bond donors (Lipinski definition) is 0. The van der Waals surface area contributed by atoms with E-state index in [1.165, 1.54) is 6.07 Å². The second-order valence-corrected chi connectivity index (χ2v) is 4.20.